The Morgan fingerprint density at radius 2 is 2.06 bits per heavy atom. The largest absolute Gasteiger partial charge is 0.494 e. The minimum Gasteiger partial charge on any atom is -0.494 e. The van der Waals surface area contributed by atoms with Crippen molar-refractivity contribution in [1.29, 1.82) is 5.41 Å². The molecule has 0 bridgehead atoms. The van der Waals surface area contributed by atoms with Gasteiger partial charge in [-0.25, -0.2) is 0 Å². The summed E-state index contributed by atoms with van der Waals surface area (Å²) in [6, 6.07) is 6.28. The van der Waals surface area contributed by atoms with Gasteiger partial charge in [0, 0.05) is 6.42 Å². The van der Waals surface area contributed by atoms with Crippen molar-refractivity contribution in [3.63, 3.8) is 0 Å². The summed E-state index contributed by atoms with van der Waals surface area (Å²) >= 11 is 0. The number of amidine groups is 1. The highest BCUT2D eigenvalue weighted by atomic mass is 16.5. The second-order valence-electron chi connectivity index (χ2n) is 5.00. The molecule has 0 aromatic heterocycles. The average molecular weight is 248 g/mol. The number of rotatable bonds is 7. The standard InChI is InChI=1S/C15H24N2O/c1-11(2)14-8-7-13(10-12(14)3)18-9-5-4-6-15(16)17/h7-8,10-11H,4-6,9H2,1-3H3,(H3,16,17). The van der Waals surface area contributed by atoms with E-state index in [0.717, 1.165) is 18.6 Å². The molecular weight excluding hydrogens is 224 g/mol. The van der Waals surface area contributed by atoms with Gasteiger partial charge >= 0.3 is 0 Å². The van der Waals surface area contributed by atoms with Gasteiger partial charge in [-0.15, -0.1) is 0 Å². The van der Waals surface area contributed by atoms with Crippen molar-refractivity contribution >= 4 is 5.84 Å². The molecule has 18 heavy (non-hydrogen) atoms. The molecule has 0 spiro atoms. The van der Waals surface area contributed by atoms with E-state index in [-0.39, 0.29) is 5.84 Å². The second-order valence-corrected chi connectivity index (χ2v) is 5.00. The van der Waals surface area contributed by atoms with Gasteiger partial charge in [-0.2, -0.15) is 0 Å². The SMILES string of the molecule is Cc1cc(OCCCCC(=N)N)ccc1C(C)C. The molecule has 0 heterocycles. The monoisotopic (exact) mass is 248 g/mol. The Morgan fingerprint density at radius 3 is 2.61 bits per heavy atom. The first-order valence-electron chi connectivity index (χ1n) is 6.57. The summed E-state index contributed by atoms with van der Waals surface area (Å²) < 4.78 is 5.69. The highest BCUT2D eigenvalue weighted by Gasteiger charge is 2.04. The fraction of sp³-hybridized carbons (Fsp3) is 0.533. The van der Waals surface area contributed by atoms with E-state index >= 15 is 0 Å². The molecule has 0 aliphatic heterocycles. The average Bonchev–Trinajstić information content (AvgIpc) is 2.27. The predicted molar refractivity (Wildman–Crippen MR) is 76.5 cm³/mol. The molecular formula is C15H24N2O. The molecule has 0 unspecified atom stereocenters. The molecule has 0 saturated heterocycles. The maximum absolute atomic E-state index is 7.12. The molecule has 0 saturated carbocycles. The van der Waals surface area contributed by atoms with Crippen LogP contribution >= 0.6 is 0 Å². The number of unbranched alkanes of at least 4 members (excludes halogenated alkanes) is 1. The van der Waals surface area contributed by atoms with Gasteiger partial charge < -0.3 is 10.5 Å². The predicted octanol–water partition coefficient (Wildman–Crippen LogP) is 3.60. The van der Waals surface area contributed by atoms with Crippen LogP contribution in [0, 0.1) is 12.3 Å². The smallest absolute Gasteiger partial charge is 0.119 e. The highest BCUT2D eigenvalue weighted by Crippen LogP contribution is 2.23. The van der Waals surface area contributed by atoms with E-state index in [1.54, 1.807) is 0 Å². The Hall–Kier alpha value is -1.51. The third kappa shape index (κ3) is 4.78. The third-order valence-electron chi connectivity index (χ3n) is 2.97. The van der Waals surface area contributed by atoms with Crippen LogP contribution in [0.1, 0.15) is 50.2 Å². The molecule has 1 rings (SSSR count). The summed E-state index contributed by atoms with van der Waals surface area (Å²) in [5, 5.41) is 7.12. The Kier molecular flexibility index (Phi) is 5.69. The minimum atomic E-state index is 0.257. The molecule has 100 valence electrons. The molecule has 1 aromatic rings. The van der Waals surface area contributed by atoms with E-state index in [1.807, 2.05) is 6.07 Å². The van der Waals surface area contributed by atoms with Gasteiger partial charge in [0.15, 0.2) is 0 Å². The lowest BCUT2D eigenvalue weighted by Gasteiger charge is -2.12. The molecule has 0 radical (unpaired) electrons. The maximum Gasteiger partial charge on any atom is 0.119 e. The van der Waals surface area contributed by atoms with Crippen molar-refractivity contribution in [1.82, 2.24) is 0 Å². The summed E-state index contributed by atoms with van der Waals surface area (Å²) in [6.07, 6.45) is 2.51. The second kappa shape index (κ2) is 7.04. The minimum absolute atomic E-state index is 0.257. The third-order valence-corrected chi connectivity index (χ3v) is 2.97. The summed E-state index contributed by atoms with van der Waals surface area (Å²) in [4.78, 5) is 0. The Balaban J connectivity index is 2.39. The lowest BCUT2D eigenvalue weighted by atomic mass is 9.98. The van der Waals surface area contributed by atoms with Gasteiger partial charge in [-0.1, -0.05) is 19.9 Å². The van der Waals surface area contributed by atoms with Crippen molar-refractivity contribution in [3.8, 4) is 5.75 Å². The molecule has 3 nitrogen and oxygen atoms in total. The van der Waals surface area contributed by atoms with Gasteiger partial charge in [0.2, 0.25) is 0 Å². The molecule has 0 amide bonds. The summed E-state index contributed by atoms with van der Waals surface area (Å²) in [5.74, 6) is 1.74. The normalized spacial score (nSPS) is 10.7. The molecule has 0 aliphatic carbocycles. The zero-order valence-electron chi connectivity index (χ0n) is 11.6. The summed E-state index contributed by atoms with van der Waals surface area (Å²) in [6.45, 7) is 7.21. The molecule has 3 N–H and O–H groups in total. The first-order valence-corrected chi connectivity index (χ1v) is 6.57. The van der Waals surface area contributed by atoms with E-state index in [1.165, 1.54) is 11.1 Å². The first-order chi connectivity index (χ1) is 8.50. The van der Waals surface area contributed by atoms with Crippen LogP contribution in [0.15, 0.2) is 18.2 Å². The van der Waals surface area contributed by atoms with Crippen LogP contribution in [0.3, 0.4) is 0 Å². The lowest BCUT2D eigenvalue weighted by Crippen LogP contribution is -2.09. The van der Waals surface area contributed by atoms with Crippen LogP contribution in [0.2, 0.25) is 0 Å². The van der Waals surface area contributed by atoms with Gasteiger partial charge in [-0.3, -0.25) is 5.41 Å². The number of ether oxygens (including phenoxy) is 1. The fourth-order valence-corrected chi connectivity index (χ4v) is 1.99. The topological polar surface area (TPSA) is 59.1 Å². The Morgan fingerprint density at radius 1 is 1.33 bits per heavy atom. The van der Waals surface area contributed by atoms with Crippen LogP contribution < -0.4 is 10.5 Å². The first kappa shape index (κ1) is 14.6. The van der Waals surface area contributed by atoms with E-state index in [4.69, 9.17) is 15.9 Å². The zero-order valence-corrected chi connectivity index (χ0v) is 11.6. The Labute approximate surface area is 110 Å². The summed E-state index contributed by atoms with van der Waals surface area (Å²) in [5.41, 5.74) is 7.95. The molecule has 3 heteroatoms. The number of hydrogen-bond acceptors (Lipinski definition) is 2. The van der Waals surface area contributed by atoms with Gasteiger partial charge in [0.1, 0.15) is 5.75 Å². The Bertz CT molecular complexity index is 399. The van der Waals surface area contributed by atoms with Crippen molar-refractivity contribution < 1.29 is 4.74 Å². The van der Waals surface area contributed by atoms with Crippen LogP contribution in [-0.2, 0) is 0 Å². The van der Waals surface area contributed by atoms with Gasteiger partial charge in [0.05, 0.1) is 12.4 Å². The van der Waals surface area contributed by atoms with Gasteiger partial charge in [-0.05, 0) is 48.9 Å². The van der Waals surface area contributed by atoms with Crippen molar-refractivity contribution in [2.24, 2.45) is 5.73 Å². The molecule has 1 aromatic carbocycles. The highest BCUT2D eigenvalue weighted by molar-refractivity contribution is 5.76. The lowest BCUT2D eigenvalue weighted by molar-refractivity contribution is 0.307. The molecule has 0 atom stereocenters. The number of aryl methyl sites for hydroxylation is 1. The van der Waals surface area contributed by atoms with Crippen molar-refractivity contribution in [2.45, 2.75) is 46.0 Å². The fourth-order valence-electron chi connectivity index (χ4n) is 1.99. The maximum atomic E-state index is 7.12. The summed E-state index contributed by atoms with van der Waals surface area (Å²) in [7, 11) is 0. The molecule has 0 fully saturated rings. The van der Waals surface area contributed by atoms with E-state index in [0.29, 0.717) is 18.9 Å². The van der Waals surface area contributed by atoms with Crippen molar-refractivity contribution in [3.05, 3.63) is 29.3 Å². The van der Waals surface area contributed by atoms with E-state index in [2.05, 4.69) is 32.9 Å². The molecule has 0 aliphatic rings. The van der Waals surface area contributed by atoms with Crippen molar-refractivity contribution in [2.75, 3.05) is 6.61 Å². The number of nitrogens with two attached hydrogens (primary N) is 1. The number of nitrogens with one attached hydrogen (secondary N) is 1. The zero-order chi connectivity index (χ0) is 13.5. The van der Waals surface area contributed by atoms with Gasteiger partial charge in [0.25, 0.3) is 0 Å². The van der Waals surface area contributed by atoms with Crippen LogP contribution in [0.25, 0.3) is 0 Å². The number of hydrogen-bond donors (Lipinski definition) is 2. The number of benzene rings is 1. The van der Waals surface area contributed by atoms with Crippen LogP contribution in [0.4, 0.5) is 0 Å². The van der Waals surface area contributed by atoms with Crippen LogP contribution in [0.5, 0.6) is 5.75 Å². The van der Waals surface area contributed by atoms with Crippen LogP contribution in [-0.4, -0.2) is 12.4 Å². The quantitative estimate of drug-likeness (QED) is 0.440. The van der Waals surface area contributed by atoms with E-state index < -0.39 is 0 Å². The van der Waals surface area contributed by atoms with E-state index in [9.17, 15) is 0 Å².